The van der Waals surface area contributed by atoms with E-state index in [0.29, 0.717) is 0 Å². The molecule has 0 aromatic rings. The topological polar surface area (TPSA) is 12.0 Å². The molecule has 0 saturated carbocycles. The van der Waals surface area contributed by atoms with Crippen LogP contribution >= 0.6 is 11.8 Å². The van der Waals surface area contributed by atoms with E-state index < -0.39 is 12.6 Å². The van der Waals surface area contributed by atoms with Gasteiger partial charge in [0.2, 0.25) is 0 Å². The Morgan fingerprint density at radius 3 is 2.00 bits per heavy atom. The Morgan fingerprint density at radius 2 is 1.88 bits per heavy atom. The van der Waals surface area contributed by atoms with Crippen LogP contribution in [-0.2, 0) is 0 Å². The fourth-order valence-corrected chi connectivity index (χ4v) is 0.283. The molecule has 0 aromatic carbocycles. The van der Waals surface area contributed by atoms with E-state index in [1.54, 1.807) is 0 Å². The van der Waals surface area contributed by atoms with Crippen LogP contribution in [0, 0.1) is 0 Å². The lowest BCUT2D eigenvalue weighted by Crippen LogP contribution is -2.14. The van der Waals surface area contributed by atoms with Crippen molar-refractivity contribution in [3.8, 4) is 0 Å². The molecular formula is C3H5ClF3N. The number of hydrogen-bond acceptors (Lipinski definition) is 1. The molecule has 0 atom stereocenters. The van der Waals surface area contributed by atoms with Crippen LogP contribution in [0.3, 0.4) is 0 Å². The Hall–Kier alpha value is 0.0400. The van der Waals surface area contributed by atoms with Gasteiger partial charge >= 0.3 is 6.18 Å². The molecular weight excluding hydrogens is 142 g/mol. The molecule has 1 nitrogen and oxygen atoms in total. The van der Waals surface area contributed by atoms with Gasteiger partial charge in [0.15, 0.2) is 0 Å². The normalized spacial score (nSPS) is 12.0. The van der Waals surface area contributed by atoms with Gasteiger partial charge in [-0.25, -0.2) is 4.84 Å². The van der Waals surface area contributed by atoms with Crippen molar-refractivity contribution >= 4 is 11.8 Å². The van der Waals surface area contributed by atoms with Crippen LogP contribution in [0.4, 0.5) is 13.2 Å². The van der Waals surface area contributed by atoms with E-state index in [1.807, 2.05) is 4.84 Å². The maximum Gasteiger partial charge on any atom is 0.390 e. The highest BCUT2D eigenvalue weighted by molar-refractivity contribution is 6.13. The van der Waals surface area contributed by atoms with E-state index in [0.717, 1.165) is 0 Å². The largest absolute Gasteiger partial charge is 0.390 e. The number of nitrogens with one attached hydrogen (secondary N) is 1. The van der Waals surface area contributed by atoms with Gasteiger partial charge in [0, 0.05) is 6.54 Å². The first-order valence-electron chi connectivity index (χ1n) is 1.96. The predicted octanol–water partition coefficient (Wildman–Crippen LogP) is 1.68. The van der Waals surface area contributed by atoms with Crippen molar-refractivity contribution < 1.29 is 13.2 Å². The summed E-state index contributed by atoms with van der Waals surface area (Å²) >= 11 is 4.76. The van der Waals surface area contributed by atoms with E-state index >= 15 is 0 Å². The van der Waals surface area contributed by atoms with Gasteiger partial charge in [-0.2, -0.15) is 13.2 Å². The second-order valence-electron chi connectivity index (χ2n) is 1.25. The van der Waals surface area contributed by atoms with Gasteiger partial charge in [-0.1, -0.05) is 0 Å². The third-order valence-electron chi connectivity index (χ3n) is 0.503. The fraction of sp³-hybridized carbons (Fsp3) is 1.00. The maximum absolute atomic E-state index is 11.1. The highest BCUT2D eigenvalue weighted by Gasteiger charge is 2.25. The van der Waals surface area contributed by atoms with Gasteiger partial charge in [-0.05, 0) is 11.8 Å². The SMILES string of the molecule is FC(F)(F)CCNCl. The molecule has 0 saturated heterocycles. The Morgan fingerprint density at radius 1 is 1.38 bits per heavy atom. The van der Waals surface area contributed by atoms with E-state index in [9.17, 15) is 13.2 Å². The first-order valence-corrected chi connectivity index (χ1v) is 2.34. The zero-order valence-electron chi connectivity index (χ0n) is 3.93. The van der Waals surface area contributed by atoms with Crippen LogP contribution in [0.5, 0.6) is 0 Å². The van der Waals surface area contributed by atoms with Crippen LogP contribution in [0.15, 0.2) is 0 Å². The molecule has 0 aliphatic carbocycles. The summed E-state index contributed by atoms with van der Waals surface area (Å²) < 4.78 is 33.4. The van der Waals surface area contributed by atoms with Gasteiger partial charge in [0.1, 0.15) is 0 Å². The third kappa shape index (κ3) is 6.04. The minimum absolute atomic E-state index is 0.231. The smallest absolute Gasteiger partial charge is 0.233 e. The summed E-state index contributed by atoms with van der Waals surface area (Å²) in [5.41, 5.74) is 0. The quantitative estimate of drug-likeness (QED) is 0.586. The Kier molecular flexibility index (Phi) is 3.16. The number of hydrogen-bond donors (Lipinski definition) is 1. The summed E-state index contributed by atoms with van der Waals surface area (Å²) in [4.78, 5) is 1.88. The van der Waals surface area contributed by atoms with Crippen molar-refractivity contribution in [1.29, 1.82) is 0 Å². The molecule has 0 amide bonds. The first-order chi connectivity index (χ1) is 3.56. The molecule has 0 unspecified atom stereocenters. The number of halogens is 4. The van der Waals surface area contributed by atoms with Crippen LogP contribution in [0.1, 0.15) is 6.42 Å². The number of rotatable bonds is 2. The first kappa shape index (κ1) is 8.04. The molecule has 0 bridgehead atoms. The van der Waals surface area contributed by atoms with Gasteiger partial charge in [0.05, 0.1) is 6.42 Å². The molecule has 5 heteroatoms. The van der Waals surface area contributed by atoms with E-state index in [4.69, 9.17) is 11.8 Å². The van der Waals surface area contributed by atoms with E-state index in [1.165, 1.54) is 0 Å². The molecule has 50 valence electrons. The Labute approximate surface area is 49.9 Å². The molecule has 0 spiro atoms. The van der Waals surface area contributed by atoms with Crippen LogP contribution < -0.4 is 4.84 Å². The molecule has 0 rings (SSSR count). The van der Waals surface area contributed by atoms with Gasteiger partial charge in [-0.3, -0.25) is 0 Å². The van der Waals surface area contributed by atoms with Crippen molar-refractivity contribution in [2.45, 2.75) is 12.6 Å². The minimum Gasteiger partial charge on any atom is -0.233 e. The lowest BCUT2D eigenvalue weighted by atomic mass is 10.4. The molecule has 0 aromatic heterocycles. The minimum atomic E-state index is -4.10. The summed E-state index contributed by atoms with van der Waals surface area (Å²) in [5.74, 6) is 0. The van der Waals surface area contributed by atoms with E-state index in [2.05, 4.69) is 0 Å². The maximum atomic E-state index is 11.1. The van der Waals surface area contributed by atoms with Crippen LogP contribution in [0.2, 0.25) is 0 Å². The van der Waals surface area contributed by atoms with Crippen molar-refractivity contribution in [3.63, 3.8) is 0 Å². The fourth-order valence-electron chi connectivity index (χ4n) is 0.189. The standard InChI is InChI=1S/C3H5ClF3N/c4-8-2-1-3(5,6)7/h8H,1-2H2. The Bertz CT molecular complexity index is 62.0. The zero-order chi connectivity index (χ0) is 6.62. The highest BCUT2D eigenvalue weighted by Crippen LogP contribution is 2.17. The van der Waals surface area contributed by atoms with Gasteiger partial charge < -0.3 is 0 Å². The molecule has 1 N–H and O–H groups in total. The van der Waals surface area contributed by atoms with Crippen LogP contribution in [0.25, 0.3) is 0 Å². The molecule has 8 heavy (non-hydrogen) atoms. The molecule has 0 heterocycles. The summed E-state index contributed by atoms with van der Waals surface area (Å²) in [6.07, 6.45) is -4.97. The monoisotopic (exact) mass is 147 g/mol. The Balaban J connectivity index is 3.11. The third-order valence-corrected chi connectivity index (χ3v) is 0.692. The summed E-state index contributed by atoms with van der Waals surface area (Å²) in [5, 5.41) is 0. The van der Waals surface area contributed by atoms with Gasteiger partial charge in [-0.15, -0.1) is 0 Å². The van der Waals surface area contributed by atoms with Crippen molar-refractivity contribution in [2.75, 3.05) is 6.54 Å². The van der Waals surface area contributed by atoms with Crippen LogP contribution in [-0.4, -0.2) is 12.7 Å². The summed E-state index contributed by atoms with van der Waals surface area (Å²) in [7, 11) is 0. The molecule has 0 aliphatic heterocycles. The number of alkyl halides is 3. The highest BCUT2D eigenvalue weighted by atomic mass is 35.5. The molecule has 0 radical (unpaired) electrons. The average Bonchev–Trinajstić information content (AvgIpc) is 1.59. The lowest BCUT2D eigenvalue weighted by Gasteiger charge is -2.02. The second kappa shape index (κ2) is 3.14. The van der Waals surface area contributed by atoms with Gasteiger partial charge in [0.25, 0.3) is 0 Å². The summed E-state index contributed by atoms with van der Waals surface area (Å²) in [6, 6.07) is 0. The molecule has 0 fully saturated rings. The average molecular weight is 148 g/mol. The predicted molar refractivity (Wildman–Crippen MR) is 24.5 cm³/mol. The zero-order valence-corrected chi connectivity index (χ0v) is 4.68. The lowest BCUT2D eigenvalue weighted by molar-refractivity contribution is -0.132. The van der Waals surface area contributed by atoms with E-state index in [-0.39, 0.29) is 6.54 Å². The van der Waals surface area contributed by atoms with Crippen molar-refractivity contribution in [1.82, 2.24) is 4.84 Å². The summed E-state index contributed by atoms with van der Waals surface area (Å²) in [6.45, 7) is -0.231. The van der Waals surface area contributed by atoms with Crippen molar-refractivity contribution in [3.05, 3.63) is 0 Å². The van der Waals surface area contributed by atoms with Crippen molar-refractivity contribution in [2.24, 2.45) is 0 Å². The molecule has 0 aliphatic rings. The second-order valence-corrected chi connectivity index (χ2v) is 1.52.